The van der Waals surface area contributed by atoms with Crippen LogP contribution in [0.2, 0.25) is 0 Å². The van der Waals surface area contributed by atoms with Crippen molar-refractivity contribution in [2.24, 2.45) is 0 Å². The summed E-state index contributed by atoms with van der Waals surface area (Å²) in [4.78, 5) is 23.6. The number of fused-ring (bicyclic) bond motifs is 1. The lowest BCUT2D eigenvalue weighted by Crippen LogP contribution is -2.43. The van der Waals surface area contributed by atoms with Crippen LogP contribution < -0.4 is 10.3 Å². The van der Waals surface area contributed by atoms with Crippen molar-refractivity contribution < 1.29 is 9.18 Å². The van der Waals surface area contributed by atoms with Crippen molar-refractivity contribution in [3.8, 4) is 22.5 Å². The van der Waals surface area contributed by atoms with Crippen molar-refractivity contribution in [1.29, 1.82) is 0 Å². The molecule has 1 aliphatic rings. The average molecular weight is 425 g/mol. The molecule has 0 radical (unpaired) electrons. The van der Waals surface area contributed by atoms with Crippen molar-refractivity contribution in [2.45, 2.75) is 0 Å². The highest BCUT2D eigenvalue weighted by Gasteiger charge is 2.29. The molecule has 0 saturated carbocycles. The molecule has 2 aromatic carbocycles. The second-order valence-electron chi connectivity index (χ2n) is 7.33. The molecule has 4 aromatic rings. The van der Waals surface area contributed by atoms with Gasteiger partial charge in [0.2, 0.25) is 5.95 Å². The maximum Gasteiger partial charge on any atom is 0.253 e. The number of nitrogens with one attached hydrogen (secondary N) is 1. The molecule has 0 unspecified atom stereocenters. The van der Waals surface area contributed by atoms with E-state index >= 15 is 0 Å². The van der Waals surface area contributed by atoms with Gasteiger partial charge >= 0.3 is 0 Å². The van der Waals surface area contributed by atoms with Crippen LogP contribution >= 0.6 is 0 Å². The van der Waals surface area contributed by atoms with Gasteiger partial charge in [-0.2, -0.15) is 0 Å². The smallest absolute Gasteiger partial charge is 0.253 e. The van der Waals surface area contributed by atoms with Crippen molar-refractivity contribution in [3.05, 3.63) is 96.6 Å². The fourth-order valence-corrected chi connectivity index (χ4v) is 3.73. The van der Waals surface area contributed by atoms with Crippen LogP contribution in [0.25, 0.3) is 28.6 Å². The van der Waals surface area contributed by atoms with Gasteiger partial charge in [0.25, 0.3) is 5.91 Å². The number of carbonyl (C=O) groups excluding carboxylic acids is 1. The summed E-state index contributed by atoms with van der Waals surface area (Å²) < 4.78 is 15.4. The molecule has 1 amide bonds. The number of anilines is 1. The molecular formula is C25H20FN5O. The molecule has 32 heavy (non-hydrogen) atoms. The summed E-state index contributed by atoms with van der Waals surface area (Å²) in [5.41, 5.74) is 7.37. The number of hydrogen-bond acceptors (Lipinski definition) is 4. The Morgan fingerprint density at radius 2 is 1.72 bits per heavy atom. The van der Waals surface area contributed by atoms with Crippen LogP contribution in [0.1, 0.15) is 5.56 Å². The first-order valence-corrected chi connectivity index (χ1v) is 10.3. The zero-order chi connectivity index (χ0) is 21.9. The van der Waals surface area contributed by atoms with Crippen LogP contribution in [-0.2, 0) is 4.79 Å². The Labute approximate surface area is 184 Å². The van der Waals surface area contributed by atoms with Gasteiger partial charge in [-0.05, 0) is 48.0 Å². The number of aromatic nitrogens is 3. The van der Waals surface area contributed by atoms with Gasteiger partial charge in [-0.1, -0.05) is 30.3 Å². The molecule has 0 atom stereocenters. The minimum Gasteiger partial charge on any atom is -0.321 e. The highest BCUT2D eigenvalue weighted by atomic mass is 19.1. The quantitative estimate of drug-likeness (QED) is 0.494. The van der Waals surface area contributed by atoms with Crippen LogP contribution in [0.3, 0.4) is 0 Å². The van der Waals surface area contributed by atoms with Crippen molar-refractivity contribution in [2.75, 3.05) is 23.4 Å². The van der Waals surface area contributed by atoms with Crippen molar-refractivity contribution in [3.63, 3.8) is 0 Å². The van der Waals surface area contributed by atoms with E-state index in [1.54, 1.807) is 41.6 Å². The number of imidazole rings is 1. The van der Waals surface area contributed by atoms with E-state index in [2.05, 4.69) is 10.4 Å². The number of halogens is 1. The van der Waals surface area contributed by atoms with Crippen LogP contribution in [0.15, 0.2) is 85.2 Å². The van der Waals surface area contributed by atoms with Gasteiger partial charge in [-0.15, -0.1) is 0 Å². The molecule has 0 bridgehead atoms. The molecule has 1 N–H and O–H groups in total. The number of nitrogens with zero attached hydrogens (tertiary/aromatic N) is 4. The van der Waals surface area contributed by atoms with Gasteiger partial charge in [0.15, 0.2) is 0 Å². The Hall–Kier alpha value is -4.26. The Morgan fingerprint density at radius 3 is 2.47 bits per heavy atom. The van der Waals surface area contributed by atoms with E-state index in [0.29, 0.717) is 24.7 Å². The minimum atomic E-state index is -0.316. The molecule has 5 rings (SSSR count). The van der Waals surface area contributed by atoms with Crippen LogP contribution in [0, 0.1) is 5.82 Å². The summed E-state index contributed by atoms with van der Waals surface area (Å²) in [5.74, 6) is 0.0165. The van der Waals surface area contributed by atoms with Crippen LogP contribution in [0.4, 0.5) is 10.3 Å². The number of hydrogen-bond donors (Lipinski definition) is 1. The summed E-state index contributed by atoms with van der Waals surface area (Å²) in [6.07, 6.45) is 6.77. The van der Waals surface area contributed by atoms with Crippen LogP contribution in [-0.4, -0.2) is 33.6 Å². The highest BCUT2D eigenvalue weighted by Crippen LogP contribution is 2.36. The van der Waals surface area contributed by atoms with E-state index < -0.39 is 0 Å². The molecule has 0 saturated heterocycles. The Morgan fingerprint density at radius 1 is 0.969 bits per heavy atom. The first-order valence-electron chi connectivity index (χ1n) is 10.3. The first-order chi connectivity index (χ1) is 15.7. The molecule has 0 spiro atoms. The van der Waals surface area contributed by atoms with E-state index in [1.165, 1.54) is 12.1 Å². The van der Waals surface area contributed by atoms with Crippen molar-refractivity contribution in [1.82, 2.24) is 14.6 Å². The highest BCUT2D eigenvalue weighted by molar-refractivity contribution is 6.03. The van der Waals surface area contributed by atoms with E-state index in [4.69, 9.17) is 4.98 Å². The van der Waals surface area contributed by atoms with Gasteiger partial charge < -0.3 is 5.43 Å². The van der Waals surface area contributed by atoms with E-state index in [0.717, 1.165) is 22.4 Å². The van der Waals surface area contributed by atoms with E-state index in [-0.39, 0.29) is 11.7 Å². The van der Waals surface area contributed by atoms with Gasteiger partial charge in [0.05, 0.1) is 5.69 Å². The summed E-state index contributed by atoms with van der Waals surface area (Å²) in [5, 5.41) is 0. The number of carbonyl (C=O) groups is 1. The maximum absolute atomic E-state index is 13.5. The number of amides is 1. The van der Waals surface area contributed by atoms with Gasteiger partial charge in [0, 0.05) is 42.7 Å². The number of benzene rings is 2. The fraction of sp³-hybridized carbons (Fsp3) is 0.0800. The monoisotopic (exact) mass is 425 g/mol. The topological polar surface area (TPSA) is 63.1 Å². The fourth-order valence-electron chi connectivity index (χ4n) is 3.73. The normalized spacial score (nSPS) is 13.1. The second-order valence-corrected chi connectivity index (χ2v) is 7.33. The molecule has 0 fully saturated rings. The molecule has 158 valence electrons. The first kappa shape index (κ1) is 19.7. The number of rotatable bonds is 4. The van der Waals surface area contributed by atoms with E-state index in [9.17, 15) is 9.18 Å². The molecule has 1 aliphatic heterocycles. The Bertz CT molecular complexity index is 1270. The van der Waals surface area contributed by atoms with Crippen LogP contribution in [0.5, 0.6) is 0 Å². The zero-order valence-electron chi connectivity index (χ0n) is 17.1. The van der Waals surface area contributed by atoms with Gasteiger partial charge in [0.1, 0.15) is 11.5 Å². The second kappa shape index (κ2) is 8.47. The van der Waals surface area contributed by atoms with Gasteiger partial charge in [-0.25, -0.2) is 14.1 Å². The lowest BCUT2D eigenvalue weighted by Gasteiger charge is -2.28. The molecular weight excluding hydrogens is 405 g/mol. The maximum atomic E-state index is 13.5. The third-order valence-electron chi connectivity index (χ3n) is 5.26. The molecule has 0 aliphatic carbocycles. The average Bonchev–Trinajstić information content (AvgIpc) is 3.24. The van der Waals surface area contributed by atoms with E-state index in [1.807, 2.05) is 47.1 Å². The lowest BCUT2D eigenvalue weighted by molar-refractivity contribution is -0.114. The molecule has 3 heterocycles. The molecule has 7 heteroatoms. The Balaban J connectivity index is 1.59. The minimum absolute atomic E-state index is 0.159. The predicted molar refractivity (Wildman–Crippen MR) is 123 cm³/mol. The third-order valence-corrected chi connectivity index (χ3v) is 5.26. The van der Waals surface area contributed by atoms with Crippen molar-refractivity contribution >= 4 is 17.9 Å². The lowest BCUT2D eigenvalue weighted by atomic mass is 10.1. The SMILES string of the molecule is O=C(/C=C/c1ccccc1)N1CCNn2c1nc(-c1ccc(F)cc1)c2-c1ccncc1. The third kappa shape index (κ3) is 3.76. The zero-order valence-corrected chi connectivity index (χ0v) is 17.1. The van der Waals surface area contributed by atoms with Gasteiger partial charge in [-0.3, -0.25) is 14.7 Å². The largest absolute Gasteiger partial charge is 0.321 e. The molecule has 6 nitrogen and oxygen atoms in total. The Kier molecular flexibility index (Phi) is 5.21. The summed E-state index contributed by atoms with van der Waals surface area (Å²) in [7, 11) is 0. The summed E-state index contributed by atoms with van der Waals surface area (Å²) >= 11 is 0. The summed E-state index contributed by atoms with van der Waals surface area (Å²) in [6.45, 7) is 1.04. The summed E-state index contributed by atoms with van der Waals surface area (Å²) in [6, 6.07) is 19.6. The standard InChI is InChI=1S/C25H20FN5O/c26-21-9-7-19(8-10-21)23-24(20-12-14-27-15-13-20)31-25(29-23)30(17-16-28-31)22(32)11-6-18-4-2-1-3-5-18/h1-15,28H,16-17H2/b11-6+. The predicted octanol–water partition coefficient (Wildman–Crippen LogP) is 4.35. The molecule has 2 aromatic heterocycles. The number of pyridine rings is 1.